The van der Waals surface area contributed by atoms with Crippen molar-refractivity contribution in [2.75, 3.05) is 13.2 Å². The Morgan fingerprint density at radius 1 is 1.30 bits per heavy atom. The Kier molecular flexibility index (Phi) is 5.56. The third kappa shape index (κ3) is 5.76. The number of unbranched alkanes of at least 4 members (excludes halogenated alkanes) is 2. The van der Waals surface area contributed by atoms with Crippen LogP contribution >= 0.6 is 0 Å². The number of sulfonamides is 1. The minimum Gasteiger partial charge on any atom is -0.370 e. The van der Waals surface area contributed by atoms with Crippen LogP contribution in [0.2, 0.25) is 0 Å². The van der Waals surface area contributed by atoms with Crippen LogP contribution < -0.4 is 4.72 Å². The molecule has 1 aliphatic heterocycles. The van der Waals surface area contributed by atoms with E-state index in [0.29, 0.717) is 6.42 Å². The van der Waals surface area contributed by atoms with Gasteiger partial charge in [-0.15, -0.1) is 0 Å². The number of alkyl halides is 3. The van der Waals surface area contributed by atoms with E-state index in [1.165, 1.54) is 4.72 Å². The molecule has 1 fully saturated rings. The third-order valence-electron chi connectivity index (χ3n) is 3.06. The zero-order chi connectivity index (χ0) is 15.4. The Balaban J connectivity index is 2.11. The molecule has 0 amide bonds. The van der Waals surface area contributed by atoms with Crippen LogP contribution in [0.1, 0.15) is 39.0 Å². The normalized spacial score (nSPS) is 22.8. The number of epoxide rings is 1. The van der Waals surface area contributed by atoms with E-state index in [4.69, 9.17) is 4.74 Å². The molecular formula is C11H18F3NO4S. The molecule has 1 atom stereocenters. The first-order valence-corrected chi connectivity index (χ1v) is 7.76. The van der Waals surface area contributed by atoms with Crippen LogP contribution in [0.4, 0.5) is 13.2 Å². The van der Waals surface area contributed by atoms with E-state index in [-0.39, 0.29) is 12.0 Å². The summed E-state index contributed by atoms with van der Waals surface area (Å²) in [6.07, 6.45) is 3.12. The lowest BCUT2D eigenvalue weighted by Crippen LogP contribution is -2.39. The summed E-state index contributed by atoms with van der Waals surface area (Å²) in [6, 6.07) is 0. The number of ketones is 1. The van der Waals surface area contributed by atoms with Crippen molar-refractivity contribution in [3.05, 3.63) is 0 Å². The fraction of sp³-hybridized carbons (Fsp3) is 0.909. The van der Waals surface area contributed by atoms with Gasteiger partial charge in [0.2, 0.25) is 0 Å². The SMILES string of the molecule is CC1(CCCCCC(=O)CNS(=O)(=O)C(F)(F)F)CO1. The van der Waals surface area contributed by atoms with Gasteiger partial charge in [-0.25, -0.2) is 8.42 Å². The maximum atomic E-state index is 12.0. The number of hydrogen-bond donors (Lipinski definition) is 1. The van der Waals surface area contributed by atoms with Gasteiger partial charge in [0.15, 0.2) is 0 Å². The maximum absolute atomic E-state index is 12.0. The number of rotatable bonds is 9. The predicted molar refractivity (Wildman–Crippen MR) is 65.4 cm³/mol. The van der Waals surface area contributed by atoms with E-state index >= 15 is 0 Å². The van der Waals surface area contributed by atoms with Crippen LogP contribution in [0.5, 0.6) is 0 Å². The number of halogens is 3. The summed E-state index contributed by atoms with van der Waals surface area (Å²) >= 11 is 0. The zero-order valence-electron chi connectivity index (χ0n) is 11.1. The van der Waals surface area contributed by atoms with Crippen molar-refractivity contribution in [2.24, 2.45) is 0 Å². The molecule has 1 heterocycles. The monoisotopic (exact) mass is 317 g/mol. The molecule has 0 aromatic carbocycles. The van der Waals surface area contributed by atoms with Crippen molar-refractivity contribution in [3.8, 4) is 0 Å². The van der Waals surface area contributed by atoms with Crippen LogP contribution in [0.15, 0.2) is 0 Å². The molecule has 0 radical (unpaired) electrons. The van der Waals surface area contributed by atoms with Gasteiger partial charge in [0.1, 0.15) is 5.78 Å². The molecule has 0 spiro atoms. The van der Waals surface area contributed by atoms with Gasteiger partial charge in [-0.05, 0) is 19.8 Å². The molecule has 1 N–H and O–H groups in total. The van der Waals surface area contributed by atoms with Crippen molar-refractivity contribution < 1.29 is 31.1 Å². The number of carbonyl (C=O) groups is 1. The van der Waals surface area contributed by atoms with E-state index in [1.54, 1.807) is 0 Å². The minimum atomic E-state index is -5.43. The van der Waals surface area contributed by atoms with Crippen LogP contribution in [0, 0.1) is 0 Å². The largest absolute Gasteiger partial charge is 0.511 e. The summed E-state index contributed by atoms with van der Waals surface area (Å²) in [5.74, 6) is -0.549. The molecule has 118 valence electrons. The van der Waals surface area contributed by atoms with Gasteiger partial charge < -0.3 is 4.74 Å². The first kappa shape index (κ1) is 17.4. The highest BCUT2D eigenvalue weighted by Gasteiger charge is 2.45. The summed E-state index contributed by atoms with van der Waals surface area (Å²) in [5, 5.41) is 0. The summed E-state index contributed by atoms with van der Waals surface area (Å²) in [6.45, 7) is 1.91. The highest BCUT2D eigenvalue weighted by molar-refractivity contribution is 7.90. The molecular weight excluding hydrogens is 299 g/mol. The first-order valence-electron chi connectivity index (χ1n) is 6.27. The number of carbonyl (C=O) groups excluding carboxylic acids is 1. The smallest absolute Gasteiger partial charge is 0.370 e. The molecule has 0 aliphatic carbocycles. The predicted octanol–water partition coefficient (Wildman–Crippen LogP) is 1.73. The van der Waals surface area contributed by atoms with Crippen LogP contribution in [0.25, 0.3) is 0 Å². The maximum Gasteiger partial charge on any atom is 0.511 e. The van der Waals surface area contributed by atoms with Crippen molar-refractivity contribution in [1.29, 1.82) is 0 Å². The molecule has 1 rings (SSSR count). The molecule has 0 aromatic heterocycles. The van der Waals surface area contributed by atoms with Crippen molar-refractivity contribution in [3.63, 3.8) is 0 Å². The summed E-state index contributed by atoms with van der Waals surface area (Å²) < 4.78 is 63.7. The Morgan fingerprint density at radius 3 is 2.40 bits per heavy atom. The van der Waals surface area contributed by atoms with Crippen molar-refractivity contribution in [2.45, 2.75) is 50.1 Å². The third-order valence-corrected chi connectivity index (χ3v) is 4.20. The summed E-state index contributed by atoms with van der Waals surface area (Å²) in [7, 11) is -5.43. The Morgan fingerprint density at radius 2 is 1.90 bits per heavy atom. The second-order valence-electron chi connectivity index (χ2n) is 5.11. The Bertz CT molecular complexity index is 443. The van der Waals surface area contributed by atoms with Gasteiger partial charge in [-0.3, -0.25) is 4.79 Å². The van der Waals surface area contributed by atoms with E-state index < -0.39 is 27.9 Å². The fourth-order valence-electron chi connectivity index (χ4n) is 1.61. The fourth-order valence-corrected chi connectivity index (χ4v) is 2.13. The summed E-state index contributed by atoms with van der Waals surface area (Å²) in [4.78, 5) is 11.3. The van der Waals surface area contributed by atoms with E-state index in [1.807, 2.05) is 6.92 Å². The standard InChI is InChI=1S/C11H18F3NO4S/c1-10(8-19-10)6-4-2-3-5-9(16)7-15-20(17,18)11(12,13)14/h15H,2-8H2,1H3. The molecule has 0 aromatic rings. The van der Waals surface area contributed by atoms with Gasteiger partial charge in [0, 0.05) is 6.42 Å². The second-order valence-corrected chi connectivity index (χ2v) is 6.87. The molecule has 1 saturated heterocycles. The van der Waals surface area contributed by atoms with Crippen LogP contribution in [-0.4, -0.2) is 38.5 Å². The Labute approximate surface area is 115 Å². The van der Waals surface area contributed by atoms with Gasteiger partial charge in [-0.1, -0.05) is 12.8 Å². The quantitative estimate of drug-likeness (QED) is 0.519. The highest BCUT2D eigenvalue weighted by Crippen LogP contribution is 2.31. The van der Waals surface area contributed by atoms with E-state index in [0.717, 1.165) is 25.9 Å². The highest BCUT2D eigenvalue weighted by atomic mass is 32.2. The lowest BCUT2D eigenvalue weighted by molar-refractivity contribution is -0.118. The topological polar surface area (TPSA) is 75.8 Å². The first-order chi connectivity index (χ1) is 9.06. The molecule has 1 aliphatic rings. The van der Waals surface area contributed by atoms with Gasteiger partial charge in [0.05, 0.1) is 18.8 Å². The molecule has 5 nitrogen and oxygen atoms in total. The molecule has 20 heavy (non-hydrogen) atoms. The van der Waals surface area contributed by atoms with Crippen LogP contribution in [-0.2, 0) is 19.6 Å². The average molecular weight is 317 g/mol. The average Bonchev–Trinajstić information content (AvgIpc) is 3.03. The molecule has 0 saturated carbocycles. The van der Waals surface area contributed by atoms with E-state index in [9.17, 15) is 26.4 Å². The van der Waals surface area contributed by atoms with Crippen molar-refractivity contribution in [1.82, 2.24) is 4.72 Å². The number of hydrogen-bond acceptors (Lipinski definition) is 4. The zero-order valence-corrected chi connectivity index (χ0v) is 11.9. The van der Waals surface area contributed by atoms with Crippen LogP contribution in [0.3, 0.4) is 0 Å². The molecule has 1 unspecified atom stereocenters. The van der Waals surface area contributed by atoms with Gasteiger partial charge in [-0.2, -0.15) is 17.9 Å². The molecule has 0 bridgehead atoms. The van der Waals surface area contributed by atoms with Gasteiger partial charge >= 0.3 is 15.5 Å². The number of Topliss-reactive ketones (excluding diaryl/α,β-unsaturated/α-hetero) is 1. The van der Waals surface area contributed by atoms with Crippen molar-refractivity contribution >= 4 is 15.8 Å². The lowest BCUT2D eigenvalue weighted by atomic mass is 10.0. The second kappa shape index (κ2) is 6.40. The van der Waals surface area contributed by atoms with Gasteiger partial charge in [0.25, 0.3) is 0 Å². The van der Waals surface area contributed by atoms with E-state index in [2.05, 4.69) is 0 Å². The number of ether oxygens (including phenoxy) is 1. The summed E-state index contributed by atoms with van der Waals surface area (Å²) in [5.41, 5.74) is -5.42. The lowest BCUT2D eigenvalue weighted by Gasteiger charge is -2.08. The minimum absolute atomic E-state index is 0.0354. The number of nitrogens with one attached hydrogen (secondary N) is 1. The molecule has 9 heteroatoms. The Hall–Kier alpha value is -0.670.